The van der Waals surface area contributed by atoms with E-state index in [1.54, 1.807) is 6.07 Å². The van der Waals surface area contributed by atoms with Gasteiger partial charge in [-0.05, 0) is 104 Å². The maximum Gasteiger partial charge on any atom is 0.216 e. The quantitative estimate of drug-likeness (QED) is 0.117. The molecule has 10 heteroatoms. The second-order valence-corrected chi connectivity index (χ2v) is 25.0. The summed E-state index contributed by atoms with van der Waals surface area (Å²) in [5, 5.41) is 5.92. The van der Waals surface area contributed by atoms with E-state index in [1.165, 1.54) is 36.1 Å². The van der Waals surface area contributed by atoms with Crippen LogP contribution in [0.5, 0.6) is 0 Å². The second kappa shape index (κ2) is 18.8. The average Bonchev–Trinajstić information content (AvgIpc) is 4.21. The van der Waals surface area contributed by atoms with Crippen LogP contribution < -0.4 is 5.19 Å². The fourth-order valence-electron chi connectivity index (χ4n) is 10.3. The zero-order chi connectivity index (χ0) is 52.7. The molecule has 11 aromatic rings. The predicted molar refractivity (Wildman–Crippen MR) is 283 cm³/mol. The Morgan fingerprint density at radius 3 is 2.40 bits per heavy atom. The monoisotopic (exact) mass is 1120 g/mol. The van der Waals surface area contributed by atoms with Crippen LogP contribution in [0.3, 0.4) is 0 Å². The molecule has 12 rings (SSSR count). The van der Waals surface area contributed by atoms with Gasteiger partial charge in [0.15, 0.2) is 0 Å². The third-order valence-electron chi connectivity index (χ3n) is 13.6. The van der Waals surface area contributed by atoms with Gasteiger partial charge in [0.2, 0.25) is 5.71 Å². The van der Waals surface area contributed by atoms with Crippen LogP contribution in [-0.4, -0.2) is 32.6 Å². The molecule has 1 aliphatic rings. The molecule has 1 radical (unpaired) electrons. The zero-order valence-corrected chi connectivity index (χ0v) is 43.4. The summed E-state index contributed by atoms with van der Waals surface area (Å²) in [4.78, 5) is 19.5. The number of aryl methyl sites for hydroxylation is 3. The van der Waals surface area contributed by atoms with Gasteiger partial charge < -0.3 is 18.4 Å². The van der Waals surface area contributed by atoms with Crippen molar-refractivity contribution in [3.05, 3.63) is 155 Å². The van der Waals surface area contributed by atoms with E-state index >= 15 is 0 Å². The molecule has 0 amide bonds. The number of hydrogen-bond donors (Lipinski definition) is 0. The van der Waals surface area contributed by atoms with Gasteiger partial charge in [-0.2, -0.15) is 0 Å². The van der Waals surface area contributed by atoms with Crippen molar-refractivity contribution in [1.29, 1.82) is 0 Å². The van der Waals surface area contributed by atoms with Crippen LogP contribution in [0.4, 0.5) is 4.39 Å². The van der Waals surface area contributed by atoms with Gasteiger partial charge in [-0.3, -0.25) is 14.4 Å². The molecule has 0 saturated heterocycles. The van der Waals surface area contributed by atoms with Crippen LogP contribution in [0, 0.1) is 44.5 Å². The van der Waals surface area contributed by atoms with Crippen LogP contribution in [0.25, 0.3) is 94.3 Å². The van der Waals surface area contributed by atoms with Gasteiger partial charge in [0.1, 0.15) is 11.2 Å². The maximum absolute atomic E-state index is 13.6. The van der Waals surface area contributed by atoms with E-state index in [0.29, 0.717) is 51.3 Å². The minimum absolute atomic E-state index is 0. The van der Waals surface area contributed by atoms with Crippen molar-refractivity contribution in [2.75, 3.05) is 0 Å². The van der Waals surface area contributed by atoms with Crippen LogP contribution in [0.2, 0.25) is 19.6 Å². The third kappa shape index (κ3) is 8.58. The van der Waals surface area contributed by atoms with E-state index in [1.807, 2.05) is 60.8 Å². The minimum Gasteiger partial charge on any atom is -0.486 e. The van der Waals surface area contributed by atoms with Crippen molar-refractivity contribution in [3.63, 3.8) is 0 Å². The molecular weight excluding hydrogens is 1060 g/mol. The van der Waals surface area contributed by atoms with Crippen molar-refractivity contribution >= 4 is 79.2 Å². The summed E-state index contributed by atoms with van der Waals surface area (Å²) in [7, 11) is -1.57. The first-order chi connectivity index (χ1) is 35.7. The molecule has 355 valence electrons. The van der Waals surface area contributed by atoms with Crippen LogP contribution in [-0.2, 0) is 26.5 Å². The minimum atomic E-state index is -2.41. The van der Waals surface area contributed by atoms with E-state index < -0.39 is 27.6 Å². The summed E-state index contributed by atoms with van der Waals surface area (Å²) in [6.07, 6.45) is 8.86. The summed E-state index contributed by atoms with van der Waals surface area (Å²) in [5.41, 5.74) is 10.8. The van der Waals surface area contributed by atoms with Gasteiger partial charge in [0, 0.05) is 73.8 Å². The van der Waals surface area contributed by atoms with Crippen molar-refractivity contribution in [3.8, 4) is 28.3 Å². The normalized spacial score (nSPS) is 15.1. The number of furan rings is 2. The number of nitrogens with zero attached hydrogens (tertiary/aromatic N) is 5. The van der Waals surface area contributed by atoms with Gasteiger partial charge in [-0.25, -0.2) is 4.98 Å². The van der Waals surface area contributed by atoms with Crippen LogP contribution in [0.1, 0.15) is 88.2 Å². The molecule has 6 heterocycles. The number of pyridine rings is 3. The van der Waals surface area contributed by atoms with E-state index in [4.69, 9.17) is 27.0 Å². The summed E-state index contributed by atoms with van der Waals surface area (Å²) < 4.78 is 75.9. The number of halogens is 1. The molecular formula is C60H56FIrN5O2Si-2. The second-order valence-electron chi connectivity index (χ2n) is 20.0. The first-order valence-corrected chi connectivity index (χ1v) is 27.4. The van der Waals surface area contributed by atoms with Gasteiger partial charge in [-0.15, -0.1) is 47.5 Å². The molecule has 7 nitrogen and oxygen atoms in total. The van der Waals surface area contributed by atoms with E-state index in [2.05, 4.69) is 97.4 Å². The molecule has 0 unspecified atom stereocenters. The Morgan fingerprint density at radius 1 is 0.786 bits per heavy atom. The number of hydrogen-bond acceptors (Lipinski definition) is 6. The number of imidazole rings is 1. The molecule has 0 spiro atoms. The number of benzene rings is 5. The Bertz CT molecular complexity index is 4020. The Balaban J connectivity index is 0.000000215. The molecule has 0 bridgehead atoms. The Morgan fingerprint density at radius 2 is 1.60 bits per heavy atom. The fourth-order valence-corrected chi connectivity index (χ4v) is 11.9. The first-order valence-electron chi connectivity index (χ1n) is 26.9. The van der Waals surface area contributed by atoms with Crippen molar-refractivity contribution < 1.29 is 41.6 Å². The predicted octanol–water partition coefficient (Wildman–Crippen LogP) is 15.6. The number of fused-ring (bicyclic) bond motifs is 9. The summed E-state index contributed by atoms with van der Waals surface area (Å²) >= 11 is 0. The SMILES string of the molecule is [2H]C([2H])([2H])c1cc(F)c[c-]c1-c1cc(CC(C)C)c([Si](C)(C)C)cn1.[2H]C([2H])([2H])c1ccc2c(ccc3nc(-c4[c-]ccc5c4oc4nc(C6CCCCC6)ccc45)n(-c4ccc(C)c5oc6ccccc6c45)c32)n1.[Ir]. The molecule has 0 aliphatic heterocycles. The van der Waals surface area contributed by atoms with Crippen LogP contribution >= 0.6 is 0 Å². The smallest absolute Gasteiger partial charge is 0.216 e. The summed E-state index contributed by atoms with van der Waals surface area (Å²) in [5.74, 6) is 0.971. The molecule has 1 fully saturated rings. The average molecular weight is 1120 g/mol. The zero-order valence-electron chi connectivity index (χ0n) is 46.1. The standard InChI is InChI=1S/C41H31N4O2.C19H25FNSi.Ir/c1-23-15-22-34(36-29-11-6-7-14-35(29)46-38(23)36)45-37-28-17-16-24(2)42-32(28)20-21-33(37)43-40(45)30-13-8-12-26-27-18-19-31(25-9-4-3-5-10-25)44-41(27)47-39(26)30;1-13(2)9-15-11-18(21-12-19(15)22(4,5)6)17-8-7-16(20)10-14(17)3;/h6-8,11-12,14-22,25H,3-5,9-10H2,1-2H3;7,10-13H,9H2,1-6H3;/q2*-1;/i2D3;3D3;. The number of rotatable bonds is 7. The van der Waals surface area contributed by atoms with E-state index in [0.717, 1.165) is 91.4 Å². The number of para-hydroxylation sites is 1. The van der Waals surface area contributed by atoms with Crippen molar-refractivity contribution in [1.82, 2.24) is 24.5 Å². The van der Waals surface area contributed by atoms with Crippen molar-refractivity contribution in [2.24, 2.45) is 5.92 Å². The maximum atomic E-state index is 13.6. The van der Waals surface area contributed by atoms with Gasteiger partial charge in [0.05, 0.1) is 47.1 Å². The summed E-state index contributed by atoms with van der Waals surface area (Å²) in [6, 6.07) is 38.1. The molecule has 6 aromatic heterocycles. The molecule has 0 N–H and O–H groups in total. The van der Waals surface area contributed by atoms with Crippen LogP contribution in [0.15, 0.2) is 118 Å². The Kier molecular flexibility index (Phi) is 10.8. The largest absolute Gasteiger partial charge is 0.486 e. The van der Waals surface area contributed by atoms with Gasteiger partial charge in [0.25, 0.3) is 0 Å². The molecule has 0 atom stereocenters. The summed E-state index contributed by atoms with van der Waals surface area (Å²) in [6.45, 7) is 8.43. The molecule has 70 heavy (non-hydrogen) atoms. The van der Waals surface area contributed by atoms with Crippen molar-refractivity contribution in [2.45, 2.75) is 98.6 Å². The third-order valence-corrected chi connectivity index (χ3v) is 15.6. The van der Waals surface area contributed by atoms with E-state index in [9.17, 15) is 4.39 Å². The molecule has 1 aliphatic carbocycles. The fraction of sp³-hybridized carbons (Fsp3) is 0.267. The number of aromatic nitrogens is 5. The van der Waals surface area contributed by atoms with Gasteiger partial charge >= 0.3 is 0 Å². The van der Waals surface area contributed by atoms with E-state index in [-0.39, 0.29) is 31.4 Å². The molecule has 1 saturated carbocycles. The first kappa shape index (κ1) is 40.4. The van der Waals surface area contributed by atoms with Gasteiger partial charge in [-0.1, -0.05) is 106 Å². The topological polar surface area (TPSA) is 82.8 Å². The Labute approximate surface area is 431 Å². The Hall–Kier alpha value is -6.32. The molecule has 5 aromatic carbocycles.